The summed E-state index contributed by atoms with van der Waals surface area (Å²) >= 11 is 16.0. The number of fused-ring (bicyclic) bond motifs is 6. The zero-order valence-electron chi connectivity index (χ0n) is 28.2. The van der Waals surface area contributed by atoms with Crippen LogP contribution >= 0.6 is 39.1 Å². The molecule has 0 fully saturated rings. The number of ether oxygens (including phenoxy) is 1. The Bertz CT molecular complexity index is 1990. The van der Waals surface area contributed by atoms with Crippen LogP contribution < -0.4 is 15.1 Å². The lowest BCUT2D eigenvalue weighted by atomic mass is 9.95. The smallest absolute Gasteiger partial charge is 0.411 e. The fourth-order valence-electron chi connectivity index (χ4n) is 7.20. The Morgan fingerprint density at radius 1 is 0.843 bits per heavy atom. The van der Waals surface area contributed by atoms with Crippen LogP contribution in [0.1, 0.15) is 48.6 Å². The van der Waals surface area contributed by atoms with E-state index in [2.05, 4.69) is 21.2 Å². The fraction of sp³-hybridized carbons (Fsp3) is 0.368. The molecule has 4 amide bonds. The Labute approximate surface area is 314 Å². The standard InChI is InChI=1S/C38H39BrCl2N4O6/c1-43(35(49)18-39)14-7-15-51-38(50)42-29-16-30-36(27-10-4-2-8-25(27)29)23(19-40)21-44(30)33(47)12-6-13-34(48)45-22-24(20-41)37-28-11-5-3-9-26(28)32(46)17-31(37)45/h2-5,8-11,16-17,23-24,46H,6-7,12-15,18-22H2,1H3,(H,42,50)/t23-,24-/m1/s1. The van der Waals surface area contributed by atoms with E-state index in [0.717, 1.165) is 32.7 Å². The van der Waals surface area contributed by atoms with Crippen molar-refractivity contribution in [3.63, 3.8) is 0 Å². The quantitative estimate of drug-likeness (QED) is 0.112. The maximum Gasteiger partial charge on any atom is 0.411 e. The van der Waals surface area contributed by atoms with Crippen LogP contribution in [0.2, 0.25) is 0 Å². The van der Waals surface area contributed by atoms with Crippen LogP contribution in [0.25, 0.3) is 21.5 Å². The molecule has 0 spiro atoms. The molecule has 0 aliphatic carbocycles. The third-order valence-corrected chi connectivity index (χ3v) is 10.9. The van der Waals surface area contributed by atoms with Crippen LogP contribution in [0.3, 0.4) is 0 Å². The fourth-order valence-corrected chi connectivity index (χ4v) is 8.13. The van der Waals surface area contributed by atoms with Gasteiger partial charge in [0.2, 0.25) is 17.7 Å². The van der Waals surface area contributed by atoms with Gasteiger partial charge in [0.25, 0.3) is 0 Å². The van der Waals surface area contributed by atoms with Crippen molar-refractivity contribution in [2.75, 3.05) is 65.5 Å². The summed E-state index contributed by atoms with van der Waals surface area (Å²) in [4.78, 5) is 56.9. The van der Waals surface area contributed by atoms with Gasteiger partial charge >= 0.3 is 6.09 Å². The SMILES string of the molecule is CN(CCCOC(=O)Nc1cc2c(c3ccccc13)[C@H](CCl)CN2C(=O)CCCC(=O)N1C[C@@H](CCl)c2c1cc(O)c1ccccc21)C(=O)CBr. The van der Waals surface area contributed by atoms with Gasteiger partial charge in [0.05, 0.1) is 23.3 Å². The number of nitrogens with zero attached hydrogens (tertiary/aromatic N) is 3. The molecule has 0 unspecified atom stereocenters. The predicted octanol–water partition coefficient (Wildman–Crippen LogP) is 7.70. The number of carbonyl (C=O) groups excluding carboxylic acids is 4. The number of hydrogen-bond acceptors (Lipinski definition) is 6. The highest BCUT2D eigenvalue weighted by Crippen LogP contribution is 2.47. The van der Waals surface area contributed by atoms with E-state index < -0.39 is 6.09 Å². The summed E-state index contributed by atoms with van der Waals surface area (Å²) < 4.78 is 5.42. The molecule has 4 aromatic carbocycles. The summed E-state index contributed by atoms with van der Waals surface area (Å²) in [5.41, 5.74) is 3.73. The maximum atomic E-state index is 13.8. The van der Waals surface area contributed by atoms with Gasteiger partial charge in [0.1, 0.15) is 5.75 Å². The van der Waals surface area contributed by atoms with Crippen molar-refractivity contribution in [3.05, 3.63) is 71.8 Å². The molecule has 0 radical (unpaired) electrons. The minimum Gasteiger partial charge on any atom is -0.507 e. The minimum atomic E-state index is -0.640. The van der Waals surface area contributed by atoms with Crippen molar-refractivity contribution in [3.8, 4) is 5.75 Å². The van der Waals surface area contributed by atoms with E-state index in [-0.39, 0.29) is 60.1 Å². The molecule has 2 atom stereocenters. The molecule has 268 valence electrons. The molecule has 51 heavy (non-hydrogen) atoms. The number of hydrogen-bond donors (Lipinski definition) is 2. The molecule has 0 saturated heterocycles. The van der Waals surface area contributed by atoms with E-state index in [0.29, 0.717) is 61.3 Å². The molecule has 4 aromatic rings. The van der Waals surface area contributed by atoms with E-state index >= 15 is 0 Å². The number of amides is 4. The zero-order valence-corrected chi connectivity index (χ0v) is 31.3. The number of phenols is 1. The highest BCUT2D eigenvalue weighted by atomic mass is 79.9. The molecule has 0 bridgehead atoms. The summed E-state index contributed by atoms with van der Waals surface area (Å²) in [6.45, 7) is 1.37. The average molecular weight is 799 g/mol. The summed E-state index contributed by atoms with van der Waals surface area (Å²) in [5, 5.41) is 17.1. The molecule has 0 saturated carbocycles. The van der Waals surface area contributed by atoms with E-state index in [9.17, 15) is 24.3 Å². The Morgan fingerprint density at radius 3 is 1.94 bits per heavy atom. The number of nitrogens with one attached hydrogen (secondary N) is 1. The number of aromatic hydroxyl groups is 1. The Balaban J connectivity index is 1.14. The highest BCUT2D eigenvalue weighted by Gasteiger charge is 2.36. The monoisotopic (exact) mass is 796 g/mol. The van der Waals surface area contributed by atoms with Gasteiger partial charge in [-0.3, -0.25) is 19.7 Å². The summed E-state index contributed by atoms with van der Waals surface area (Å²) in [6, 6.07) is 18.6. The summed E-state index contributed by atoms with van der Waals surface area (Å²) in [7, 11) is 1.69. The molecule has 2 heterocycles. The van der Waals surface area contributed by atoms with Crippen LogP contribution in [0, 0.1) is 0 Å². The van der Waals surface area contributed by atoms with Crippen molar-refractivity contribution >= 4 is 102 Å². The third kappa shape index (κ3) is 7.47. The van der Waals surface area contributed by atoms with Crippen LogP contribution in [0.4, 0.5) is 21.9 Å². The number of benzene rings is 4. The van der Waals surface area contributed by atoms with Crippen molar-refractivity contribution in [1.29, 1.82) is 0 Å². The number of anilines is 3. The minimum absolute atomic E-state index is 0.0576. The second kappa shape index (κ2) is 16.1. The first-order chi connectivity index (χ1) is 24.7. The van der Waals surface area contributed by atoms with Gasteiger partial charge in [-0.2, -0.15) is 0 Å². The number of phenolic OH excluding ortho intramolecular Hbond substituents is 1. The van der Waals surface area contributed by atoms with Crippen molar-refractivity contribution in [2.24, 2.45) is 0 Å². The zero-order chi connectivity index (χ0) is 36.2. The van der Waals surface area contributed by atoms with Gasteiger partial charge in [-0.25, -0.2) is 4.79 Å². The number of alkyl halides is 3. The largest absolute Gasteiger partial charge is 0.507 e. The van der Waals surface area contributed by atoms with E-state index in [1.807, 2.05) is 48.5 Å². The number of halogens is 3. The lowest BCUT2D eigenvalue weighted by molar-refractivity contribution is -0.127. The Morgan fingerprint density at radius 2 is 1.37 bits per heavy atom. The third-order valence-electron chi connectivity index (χ3n) is 9.71. The first kappa shape index (κ1) is 36.7. The highest BCUT2D eigenvalue weighted by molar-refractivity contribution is 9.09. The van der Waals surface area contributed by atoms with E-state index in [4.69, 9.17) is 27.9 Å². The lowest BCUT2D eigenvalue weighted by Crippen LogP contribution is -2.32. The van der Waals surface area contributed by atoms with Crippen LogP contribution in [0.15, 0.2) is 60.7 Å². The first-order valence-electron chi connectivity index (χ1n) is 16.9. The van der Waals surface area contributed by atoms with Gasteiger partial charge in [-0.05, 0) is 40.8 Å². The molecule has 6 rings (SSSR count). The second-order valence-electron chi connectivity index (χ2n) is 12.9. The predicted molar refractivity (Wildman–Crippen MR) is 206 cm³/mol. The molecule has 2 aliphatic rings. The number of carbonyl (C=O) groups is 4. The van der Waals surface area contributed by atoms with Crippen molar-refractivity contribution < 1.29 is 29.0 Å². The van der Waals surface area contributed by atoms with Crippen molar-refractivity contribution in [1.82, 2.24) is 4.90 Å². The van der Waals surface area contributed by atoms with Crippen LogP contribution in [0.5, 0.6) is 5.75 Å². The molecular weight excluding hydrogens is 759 g/mol. The summed E-state index contributed by atoms with van der Waals surface area (Å²) in [6.07, 6.45) is 0.440. The van der Waals surface area contributed by atoms with Gasteiger partial charge in [0.15, 0.2) is 0 Å². The Hall–Kier alpha value is -4.06. The lowest BCUT2D eigenvalue weighted by Gasteiger charge is -2.21. The molecule has 13 heteroatoms. The maximum absolute atomic E-state index is 13.8. The van der Waals surface area contributed by atoms with E-state index in [1.165, 1.54) is 0 Å². The summed E-state index contributed by atoms with van der Waals surface area (Å²) in [5.74, 6) is 0.216. The van der Waals surface area contributed by atoms with Gasteiger partial charge in [-0.15, -0.1) is 23.2 Å². The van der Waals surface area contributed by atoms with Gasteiger partial charge < -0.3 is 24.5 Å². The van der Waals surface area contributed by atoms with Gasteiger partial charge in [0, 0.05) is 85.6 Å². The molecular formula is C38H39BrCl2N4O6. The van der Waals surface area contributed by atoms with E-state index in [1.54, 1.807) is 33.9 Å². The molecule has 2 aliphatic heterocycles. The molecule has 2 N–H and O–H groups in total. The van der Waals surface area contributed by atoms with Crippen LogP contribution in [-0.4, -0.2) is 84.2 Å². The van der Waals surface area contributed by atoms with Gasteiger partial charge in [-0.1, -0.05) is 64.5 Å². The van der Waals surface area contributed by atoms with Crippen molar-refractivity contribution in [2.45, 2.75) is 37.5 Å². The molecule has 10 nitrogen and oxygen atoms in total. The Kier molecular flexibility index (Phi) is 11.6. The average Bonchev–Trinajstić information content (AvgIpc) is 3.71. The molecule has 0 aromatic heterocycles. The number of rotatable bonds is 12. The first-order valence-corrected chi connectivity index (χ1v) is 19.1. The topological polar surface area (TPSA) is 119 Å². The van der Waals surface area contributed by atoms with Crippen LogP contribution in [-0.2, 0) is 19.1 Å². The second-order valence-corrected chi connectivity index (χ2v) is 14.1. The normalized spacial score (nSPS) is 16.3.